The minimum absolute atomic E-state index is 0.0209. The standard InChI is InChI=1S/C54H51N3/c1-32-25-26-55-46(27-32)33-15-19-37-41-31-36(53(8,9)10)18-23-47(41)57(48(37)28-33)49-24-22-45-50(56-49)38-13-11-12-14-42(38)54(45)43-20-16-34(51(2,3)4)29-39(43)40-30-35(52(5,6)7)17-21-44(40)54/h11-31H,1-10H3. The highest BCUT2D eigenvalue weighted by Gasteiger charge is 2.52. The maximum absolute atomic E-state index is 5.75. The number of hydrogen-bond acceptors (Lipinski definition) is 2. The van der Waals surface area contributed by atoms with Gasteiger partial charge >= 0.3 is 0 Å². The molecule has 0 radical (unpaired) electrons. The lowest BCUT2D eigenvalue weighted by Gasteiger charge is -2.31. The van der Waals surface area contributed by atoms with Crippen LogP contribution in [-0.4, -0.2) is 14.5 Å². The Hall–Kier alpha value is -5.80. The second-order valence-corrected chi connectivity index (χ2v) is 19.6. The van der Waals surface area contributed by atoms with Crippen molar-refractivity contribution in [3.05, 3.63) is 172 Å². The van der Waals surface area contributed by atoms with Gasteiger partial charge in [-0.1, -0.05) is 147 Å². The maximum Gasteiger partial charge on any atom is 0.138 e. The van der Waals surface area contributed by atoms with E-state index < -0.39 is 5.41 Å². The molecule has 8 aromatic rings. The first kappa shape index (κ1) is 35.6. The highest BCUT2D eigenvalue weighted by atomic mass is 15.1. The molecule has 2 aliphatic carbocycles. The summed E-state index contributed by atoms with van der Waals surface area (Å²) in [6, 6.07) is 46.2. The maximum atomic E-state index is 5.75. The number of pyridine rings is 2. The minimum Gasteiger partial charge on any atom is -0.294 e. The Morgan fingerprint density at radius 2 is 1.09 bits per heavy atom. The van der Waals surface area contributed by atoms with Gasteiger partial charge in [0.25, 0.3) is 0 Å². The quantitative estimate of drug-likeness (QED) is 0.177. The second-order valence-electron chi connectivity index (χ2n) is 19.6. The van der Waals surface area contributed by atoms with E-state index in [0.717, 1.165) is 33.8 Å². The number of hydrogen-bond donors (Lipinski definition) is 0. The zero-order chi connectivity index (χ0) is 39.8. The largest absolute Gasteiger partial charge is 0.294 e. The van der Waals surface area contributed by atoms with E-state index >= 15 is 0 Å². The lowest BCUT2D eigenvalue weighted by atomic mass is 9.70. The Morgan fingerprint density at radius 1 is 0.491 bits per heavy atom. The summed E-state index contributed by atoms with van der Waals surface area (Å²) in [5.74, 6) is 0.920. The number of aryl methyl sites for hydroxylation is 1. The molecular formula is C54H51N3. The lowest BCUT2D eigenvalue weighted by Crippen LogP contribution is -2.26. The third kappa shape index (κ3) is 5.17. The first-order valence-corrected chi connectivity index (χ1v) is 20.5. The van der Waals surface area contributed by atoms with Crippen LogP contribution < -0.4 is 0 Å². The molecule has 0 saturated heterocycles. The molecule has 0 saturated carbocycles. The summed E-state index contributed by atoms with van der Waals surface area (Å²) in [7, 11) is 0. The van der Waals surface area contributed by atoms with E-state index in [1.165, 1.54) is 72.0 Å². The molecular weight excluding hydrogens is 691 g/mol. The van der Waals surface area contributed by atoms with Gasteiger partial charge in [0.15, 0.2) is 0 Å². The molecule has 3 aromatic heterocycles. The molecule has 0 bridgehead atoms. The van der Waals surface area contributed by atoms with E-state index in [1.54, 1.807) is 0 Å². The molecule has 57 heavy (non-hydrogen) atoms. The Balaban J connectivity index is 1.26. The van der Waals surface area contributed by atoms with Crippen LogP contribution in [0.25, 0.3) is 61.3 Å². The zero-order valence-electron chi connectivity index (χ0n) is 35.0. The van der Waals surface area contributed by atoms with Crippen LogP contribution in [0.3, 0.4) is 0 Å². The van der Waals surface area contributed by atoms with Crippen molar-refractivity contribution < 1.29 is 0 Å². The van der Waals surface area contributed by atoms with E-state index in [1.807, 2.05) is 6.20 Å². The fourth-order valence-corrected chi connectivity index (χ4v) is 9.68. The molecule has 0 aliphatic heterocycles. The van der Waals surface area contributed by atoms with Crippen LogP contribution in [0.2, 0.25) is 0 Å². The van der Waals surface area contributed by atoms with Crippen molar-refractivity contribution in [1.29, 1.82) is 0 Å². The molecule has 0 amide bonds. The normalized spacial score (nSPS) is 14.3. The summed E-state index contributed by atoms with van der Waals surface area (Å²) in [4.78, 5) is 10.5. The first-order valence-electron chi connectivity index (χ1n) is 20.5. The van der Waals surface area contributed by atoms with Crippen LogP contribution in [0.1, 0.15) is 107 Å². The van der Waals surface area contributed by atoms with Crippen molar-refractivity contribution in [3.8, 4) is 39.5 Å². The van der Waals surface area contributed by atoms with Crippen LogP contribution in [0.5, 0.6) is 0 Å². The minimum atomic E-state index is -0.471. The molecule has 0 N–H and O–H groups in total. The molecule has 5 aromatic carbocycles. The number of nitrogens with zero attached hydrogens (tertiary/aromatic N) is 3. The van der Waals surface area contributed by atoms with Crippen molar-refractivity contribution in [2.75, 3.05) is 0 Å². The number of benzene rings is 5. The Kier molecular flexibility index (Phi) is 7.41. The van der Waals surface area contributed by atoms with E-state index in [2.05, 4.69) is 195 Å². The van der Waals surface area contributed by atoms with Crippen molar-refractivity contribution in [3.63, 3.8) is 0 Å². The van der Waals surface area contributed by atoms with E-state index in [0.29, 0.717) is 0 Å². The third-order valence-electron chi connectivity index (χ3n) is 12.8. The van der Waals surface area contributed by atoms with Gasteiger partial charge in [0.2, 0.25) is 0 Å². The molecule has 3 heteroatoms. The average Bonchev–Trinajstić information content (AvgIpc) is 3.77. The van der Waals surface area contributed by atoms with Crippen LogP contribution in [0.4, 0.5) is 0 Å². The monoisotopic (exact) mass is 741 g/mol. The molecule has 3 heterocycles. The number of fused-ring (bicyclic) bond motifs is 13. The molecule has 0 fully saturated rings. The lowest BCUT2D eigenvalue weighted by molar-refractivity contribution is 0.589. The van der Waals surface area contributed by atoms with E-state index in [4.69, 9.17) is 9.97 Å². The van der Waals surface area contributed by atoms with Crippen LogP contribution in [0, 0.1) is 6.92 Å². The summed E-state index contributed by atoms with van der Waals surface area (Å²) >= 11 is 0. The van der Waals surface area contributed by atoms with Crippen molar-refractivity contribution >= 4 is 21.8 Å². The van der Waals surface area contributed by atoms with E-state index in [9.17, 15) is 0 Å². The summed E-state index contributed by atoms with van der Waals surface area (Å²) < 4.78 is 2.38. The Bertz CT molecular complexity index is 2910. The first-order chi connectivity index (χ1) is 27.0. The van der Waals surface area contributed by atoms with Crippen LogP contribution >= 0.6 is 0 Å². The van der Waals surface area contributed by atoms with Crippen molar-refractivity contribution in [2.45, 2.75) is 90.9 Å². The third-order valence-corrected chi connectivity index (χ3v) is 12.8. The van der Waals surface area contributed by atoms with Crippen molar-refractivity contribution in [2.24, 2.45) is 0 Å². The summed E-state index contributed by atoms with van der Waals surface area (Å²) in [5, 5.41) is 2.46. The fraction of sp³-hybridized carbons (Fsp3) is 0.259. The SMILES string of the molecule is Cc1ccnc(-c2ccc3c4cc(C(C)(C)C)ccc4n(-c4ccc5c(n4)-c4ccccc4C54c5ccc(C(C)(C)C)cc5-c5cc(C(C)(C)C)ccc54)c3c2)c1. The molecule has 0 unspecified atom stereocenters. The summed E-state index contributed by atoms with van der Waals surface area (Å²) in [6.45, 7) is 22.9. The second kappa shape index (κ2) is 11.9. The number of aromatic nitrogens is 3. The van der Waals surface area contributed by atoms with Gasteiger partial charge < -0.3 is 0 Å². The van der Waals surface area contributed by atoms with E-state index in [-0.39, 0.29) is 16.2 Å². The Labute approximate surface area is 337 Å². The van der Waals surface area contributed by atoms with Gasteiger partial charge in [-0.2, -0.15) is 0 Å². The molecule has 0 atom stereocenters. The van der Waals surface area contributed by atoms with Gasteiger partial charge in [-0.25, -0.2) is 4.98 Å². The predicted octanol–water partition coefficient (Wildman–Crippen LogP) is 13.8. The van der Waals surface area contributed by atoms with Gasteiger partial charge in [0.1, 0.15) is 5.82 Å². The summed E-state index contributed by atoms with van der Waals surface area (Å²) in [5.41, 5.74) is 19.4. The zero-order valence-corrected chi connectivity index (χ0v) is 35.0. The summed E-state index contributed by atoms with van der Waals surface area (Å²) in [6.07, 6.45) is 1.91. The fourth-order valence-electron chi connectivity index (χ4n) is 9.68. The Morgan fingerprint density at radius 3 is 1.74 bits per heavy atom. The predicted molar refractivity (Wildman–Crippen MR) is 239 cm³/mol. The highest BCUT2D eigenvalue weighted by molar-refractivity contribution is 6.10. The van der Waals surface area contributed by atoms with Gasteiger partial charge in [0, 0.05) is 28.1 Å². The average molecular weight is 742 g/mol. The topological polar surface area (TPSA) is 30.7 Å². The smallest absolute Gasteiger partial charge is 0.138 e. The van der Waals surface area contributed by atoms with Gasteiger partial charge in [-0.3, -0.25) is 9.55 Å². The van der Waals surface area contributed by atoms with Gasteiger partial charge in [-0.05, 0) is 115 Å². The van der Waals surface area contributed by atoms with Crippen molar-refractivity contribution in [1.82, 2.24) is 14.5 Å². The van der Waals surface area contributed by atoms with Gasteiger partial charge in [-0.15, -0.1) is 0 Å². The highest BCUT2D eigenvalue weighted by Crippen LogP contribution is 2.63. The molecule has 282 valence electrons. The molecule has 10 rings (SSSR count). The molecule has 3 nitrogen and oxygen atoms in total. The van der Waals surface area contributed by atoms with Gasteiger partial charge in [0.05, 0.1) is 27.8 Å². The number of rotatable bonds is 2. The molecule has 2 aliphatic rings. The molecule has 1 spiro atoms. The van der Waals surface area contributed by atoms with Crippen LogP contribution in [-0.2, 0) is 21.7 Å². The van der Waals surface area contributed by atoms with Crippen LogP contribution in [0.15, 0.2) is 128 Å².